The summed E-state index contributed by atoms with van der Waals surface area (Å²) in [6.07, 6.45) is 0.990. The highest BCUT2D eigenvalue weighted by molar-refractivity contribution is 7.07. The van der Waals surface area contributed by atoms with Crippen molar-refractivity contribution in [2.75, 3.05) is 11.9 Å². The second-order valence-electron chi connectivity index (χ2n) is 3.47. The molecule has 0 fully saturated rings. The molecule has 0 aliphatic heterocycles. The fourth-order valence-corrected chi connectivity index (χ4v) is 2.32. The fourth-order valence-electron chi connectivity index (χ4n) is 1.39. The first-order valence-electron chi connectivity index (χ1n) is 5.00. The molecular formula is C11H12ClN3S. The lowest BCUT2D eigenvalue weighted by Crippen LogP contribution is -2.06. The molecule has 1 N–H and O–H groups in total. The van der Waals surface area contributed by atoms with E-state index in [0.29, 0.717) is 0 Å². The second-order valence-corrected chi connectivity index (χ2v) is 4.59. The third-order valence-corrected chi connectivity index (χ3v) is 3.03. The average molecular weight is 254 g/mol. The number of hydrogen-bond donors (Lipinski definition) is 1. The van der Waals surface area contributed by atoms with Gasteiger partial charge in [0.05, 0.1) is 0 Å². The summed E-state index contributed by atoms with van der Waals surface area (Å²) in [4.78, 5) is 8.11. The van der Waals surface area contributed by atoms with Gasteiger partial charge in [-0.1, -0.05) is 0 Å². The molecule has 0 saturated carbocycles. The molecule has 16 heavy (non-hydrogen) atoms. The number of thiophene rings is 1. The Kier molecular flexibility index (Phi) is 3.74. The van der Waals surface area contributed by atoms with Crippen LogP contribution in [-0.2, 0) is 6.42 Å². The number of nitrogens with one attached hydrogen (secondary N) is 1. The van der Waals surface area contributed by atoms with Crippen LogP contribution in [0.15, 0.2) is 22.9 Å². The molecule has 0 spiro atoms. The number of anilines is 1. The van der Waals surface area contributed by atoms with Gasteiger partial charge in [0.1, 0.15) is 5.82 Å². The van der Waals surface area contributed by atoms with Crippen molar-refractivity contribution < 1.29 is 0 Å². The summed E-state index contributed by atoms with van der Waals surface area (Å²) in [6.45, 7) is 2.75. The smallest absolute Gasteiger partial charge is 0.224 e. The van der Waals surface area contributed by atoms with Crippen LogP contribution >= 0.6 is 22.9 Å². The first-order valence-corrected chi connectivity index (χ1v) is 6.32. The molecule has 5 heteroatoms. The van der Waals surface area contributed by atoms with Gasteiger partial charge >= 0.3 is 0 Å². The molecule has 2 rings (SSSR count). The Hall–Kier alpha value is -1.13. The number of aromatic nitrogens is 2. The van der Waals surface area contributed by atoms with Crippen molar-refractivity contribution in [3.8, 4) is 0 Å². The number of nitrogens with zero attached hydrogens (tertiary/aromatic N) is 2. The zero-order valence-corrected chi connectivity index (χ0v) is 10.5. The van der Waals surface area contributed by atoms with Crippen molar-refractivity contribution in [1.29, 1.82) is 0 Å². The first kappa shape index (κ1) is 11.4. The minimum atomic E-state index is 0.290. The number of halogens is 1. The van der Waals surface area contributed by atoms with Crippen molar-refractivity contribution in [1.82, 2.24) is 9.97 Å². The van der Waals surface area contributed by atoms with Crippen LogP contribution in [0.25, 0.3) is 0 Å². The van der Waals surface area contributed by atoms with Gasteiger partial charge in [0, 0.05) is 18.3 Å². The summed E-state index contributed by atoms with van der Waals surface area (Å²) < 4.78 is 0. The average Bonchev–Trinajstić information content (AvgIpc) is 2.69. The molecule has 0 bridgehead atoms. The van der Waals surface area contributed by atoms with Crippen molar-refractivity contribution in [2.45, 2.75) is 13.3 Å². The maximum Gasteiger partial charge on any atom is 0.224 e. The molecule has 0 aliphatic rings. The van der Waals surface area contributed by atoms with E-state index in [2.05, 4.69) is 32.1 Å². The summed E-state index contributed by atoms with van der Waals surface area (Å²) in [5.74, 6) is 0.785. The minimum Gasteiger partial charge on any atom is -0.370 e. The van der Waals surface area contributed by atoms with Crippen LogP contribution in [0.2, 0.25) is 5.28 Å². The largest absolute Gasteiger partial charge is 0.370 e. The SMILES string of the molecule is Cc1cc(NCCc2ccsc2)nc(Cl)n1. The molecule has 2 aromatic rings. The van der Waals surface area contributed by atoms with Gasteiger partial charge in [-0.15, -0.1) is 0 Å². The quantitative estimate of drug-likeness (QED) is 0.851. The van der Waals surface area contributed by atoms with Crippen LogP contribution in [0.5, 0.6) is 0 Å². The van der Waals surface area contributed by atoms with Gasteiger partial charge in [-0.25, -0.2) is 9.97 Å². The molecule has 0 aromatic carbocycles. The van der Waals surface area contributed by atoms with E-state index in [-0.39, 0.29) is 5.28 Å². The van der Waals surface area contributed by atoms with E-state index in [0.717, 1.165) is 24.5 Å². The lowest BCUT2D eigenvalue weighted by molar-refractivity contribution is 0.998. The van der Waals surface area contributed by atoms with Gasteiger partial charge in [0.2, 0.25) is 5.28 Å². The Morgan fingerprint density at radius 2 is 2.31 bits per heavy atom. The number of aryl methyl sites for hydroxylation is 1. The maximum absolute atomic E-state index is 5.77. The summed E-state index contributed by atoms with van der Waals surface area (Å²) in [6, 6.07) is 4.02. The third-order valence-electron chi connectivity index (χ3n) is 2.13. The zero-order valence-electron chi connectivity index (χ0n) is 8.90. The highest BCUT2D eigenvalue weighted by atomic mass is 35.5. The molecule has 0 unspecified atom stereocenters. The maximum atomic E-state index is 5.77. The van der Waals surface area contributed by atoms with Gasteiger partial charge in [-0.3, -0.25) is 0 Å². The normalized spacial score (nSPS) is 10.4. The Balaban J connectivity index is 1.89. The fraction of sp³-hybridized carbons (Fsp3) is 0.273. The minimum absolute atomic E-state index is 0.290. The van der Waals surface area contributed by atoms with Crippen LogP contribution in [0, 0.1) is 6.92 Å². The first-order chi connectivity index (χ1) is 7.74. The Bertz CT molecular complexity index is 436. The van der Waals surface area contributed by atoms with Crippen LogP contribution in [0.4, 0.5) is 5.82 Å². The van der Waals surface area contributed by atoms with Crippen molar-refractivity contribution in [3.63, 3.8) is 0 Å². The Labute approximate surface area is 104 Å². The van der Waals surface area contributed by atoms with Gasteiger partial charge in [0.25, 0.3) is 0 Å². The van der Waals surface area contributed by atoms with Crippen molar-refractivity contribution in [3.05, 3.63) is 39.4 Å². The molecule has 0 atom stereocenters. The molecule has 0 amide bonds. The standard InChI is InChI=1S/C11H12ClN3S/c1-8-6-10(15-11(12)14-8)13-4-2-9-3-5-16-7-9/h3,5-7H,2,4H2,1H3,(H,13,14,15). The predicted molar refractivity (Wildman–Crippen MR) is 68.3 cm³/mol. The topological polar surface area (TPSA) is 37.8 Å². The molecule has 84 valence electrons. The molecule has 0 aliphatic carbocycles. The zero-order chi connectivity index (χ0) is 11.4. The van der Waals surface area contributed by atoms with Crippen LogP contribution < -0.4 is 5.32 Å². The number of hydrogen-bond acceptors (Lipinski definition) is 4. The van der Waals surface area contributed by atoms with E-state index in [9.17, 15) is 0 Å². The third kappa shape index (κ3) is 3.18. The predicted octanol–water partition coefficient (Wildman–Crippen LogP) is 3.15. The Morgan fingerprint density at radius 3 is 3.00 bits per heavy atom. The summed E-state index contributed by atoms with van der Waals surface area (Å²) in [7, 11) is 0. The van der Waals surface area contributed by atoms with Gasteiger partial charge in [-0.2, -0.15) is 11.3 Å². The number of rotatable bonds is 4. The van der Waals surface area contributed by atoms with Gasteiger partial charge < -0.3 is 5.32 Å². The molecule has 0 radical (unpaired) electrons. The Morgan fingerprint density at radius 1 is 1.44 bits per heavy atom. The lowest BCUT2D eigenvalue weighted by Gasteiger charge is -2.05. The van der Waals surface area contributed by atoms with E-state index < -0.39 is 0 Å². The summed E-state index contributed by atoms with van der Waals surface area (Å²) in [5, 5.41) is 7.76. The van der Waals surface area contributed by atoms with E-state index in [4.69, 9.17) is 11.6 Å². The molecule has 0 saturated heterocycles. The van der Waals surface area contributed by atoms with Gasteiger partial charge in [0.15, 0.2) is 0 Å². The molecule has 3 nitrogen and oxygen atoms in total. The van der Waals surface area contributed by atoms with Crippen LogP contribution in [0.1, 0.15) is 11.3 Å². The van der Waals surface area contributed by atoms with E-state index >= 15 is 0 Å². The van der Waals surface area contributed by atoms with E-state index in [1.165, 1.54) is 5.56 Å². The highest BCUT2D eigenvalue weighted by Crippen LogP contribution is 2.10. The van der Waals surface area contributed by atoms with Gasteiger partial charge in [-0.05, 0) is 47.3 Å². The summed E-state index contributed by atoms with van der Waals surface area (Å²) in [5.41, 5.74) is 2.22. The van der Waals surface area contributed by atoms with Crippen LogP contribution in [0.3, 0.4) is 0 Å². The van der Waals surface area contributed by atoms with Crippen molar-refractivity contribution in [2.24, 2.45) is 0 Å². The van der Waals surface area contributed by atoms with Crippen molar-refractivity contribution >= 4 is 28.8 Å². The summed E-state index contributed by atoms with van der Waals surface area (Å²) >= 11 is 7.48. The van der Waals surface area contributed by atoms with E-state index in [1.807, 2.05) is 13.0 Å². The molecule has 2 heterocycles. The van der Waals surface area contributed by atoms with E-state index in [1.54, 1.807) is 11.3 Å². The monoisotopic (exact) mass is 253 g/mol. The lowest BCUT2D eigenvalue weighted by atomic mass is 10.2. The highest BCUT2D eigenvalue weighted by Gasteiger charge is 1.99. The second kappa shape index (κ2) is 5.27. The molecule has 2 aromatic heterocycles. The van der Waals surface area contributed by atoms with Crippen LogP contribution in [-0.4, -0.2) is 16.5 Å². The molecular weight excluding hydrogens is 242 g/mol.